The fraction of sp³-hybridized carbons (Fsp3) is 0.471. The third-order valence-corrected chi connectivity index (χ3v) is 4.07. The fourth-order valence-electron chi connectivity index (χ4n) is 1.97. The highest BCUT2D eigenvalue weighted by Gasteiger charge is 2.32. The Morgan fingerprint density at radius 1 is 1.38 bits per heavy atom. The Morgan fingerprint density at radius 3 is 2.67 bits per heavy atom. The van der Waals surface area contributed by atoms with Crippen molar-refractivity contribution >= 4 is 22.0 Å². The Bertz CT molecular complexity index is 601. The number of amides is 1. The van der Waals surface area contributed by atoms with Gasteiger partial charge in [-0.15, -0.1) is 0 Å². The molecule has 0 bridgehead atoms. The lowest BCUT2D eigenvalue weighted by atomic mass is 10.0. The van der Waals surface area contributed by atoms with Gasteiger partial charge in [-0.3, -0.25) is 0 Å². The number of hydrogen-bond donors (Lipinski definition) is 0. The highest BCUT2D eigenvalue weighted by Crippen LogP contribution is 2.21. The summed E-state index contributed by atoms with van der Waals surface area (Å²) < 4.78 is 6.39. The summed E-state index contributed by atoms with van der Waals surface area (Å²) in [5.74, 6) is 6.67. The zero-order valence-electron chi connectivity index (χ0n) is 12.9. The van der Waals surface area contributed by atoms with Gasteiger partial charge in [0, 0.05) is 23.1 Å². The van der Waals surface area contributed by atoms with Gasteiger partial charge in [-0.05, 0) is 45.4 Å². The zero-order chi connectivity index (χ0) is 15.6. The number of nitrogens with zero attached hydrogens (tertiary/aromatic N) is 1. The number of ether oxygens (including phenoxy) is 1. The first-order valence-corrected chi connectivity index (χ1v) is 7.80. The predicted octanol–water partition coefficient (Wildman–Crippen LogP) is 3.98. The first kappa shape index (κ1) is 15.9. The van der Waals surface area contributed by atoms with Gasteiger partial charge in [0.25, 0.3) is 0 Å². The van der Waals surface area contributed by atoms with Gasteiger partial charge < -0.3 is 9.64 Å². The average Bonchev–Trinajstić information content (AvgIpc) is 2.30. The maximum atomic E-state index is 11.8. The summed E-state index contributed by atoms with van der Waals surface area (Å²) in [6, 6.07) is 6.00. The van der Waals surface area contributed by atoms with E-state index >= 15 is 0 Å². The van der Waals surface area contributed by atoms with Crippen molar-refractivity contribution < 1.29 is 9.53 Å². The lowest BCUT2D eigenvalue weighted by Crippen LogP contribution is -2.51. The molecule has 0 aliphatic carbocycles. The molecule has 21 heavy (non-hydrogen) atoms. The van der Waals surface area contributed by atoms with E-state index in [1.165, 1.54) is 0 Å². The van der Waals surface area contributed by atoms with Crippen LogP contribution in [0.4, 0.5) is 4.79 Å². The molecule has 0 N–H and O–H groups in total. The molecule has 4 heteroatoms. The quantitative estimate of drug-likeness (QED) is 0.663. The molecule has 1 fully saturated rings. The van der Waals surface area contributed by atoms with Crippen LogP contribution in [0.25, 0.3) is 0 Å². The summed E-state index contributed by atoms with van der Waals surface area (Å²) in [6.45, 7) is 8.96. The smallest absolute Gasteiger partial charge is 0.410 e. The maximum absolute atomic E-state index is 11.8. The van der Waals surface area contributed by atoms with Crippen LogP contribution in [0.3, 0.4) is 0 Å². The highest BCUT2D eigenvalue weighted by atomic mass is 79.9. The second-order valence-electron chi connectivity index (χ2n) is 6.26. The topological polar surface area (TPSA) is 29.5 Å². The lowest BCUT2D eigenvalue weighted by Gasteiger charge is -2.37. The molecule has 0 radical (unpaired) electrons. The van der Waals surface area contributed by atoms with Crippen LogP contribution >= 0.6 is 15.9 Å². The Labute approximate surface area is 134 Å². The molecular formula is C17H20BrNO2. The van der Waals surface area contributed by atoms with E-state index in [0.717, 1.165) is 15.6 Å². The van der Waals surface area contributed by atoms with Gasteiger partial charge in [-0.25, -0.2) is 4.79 Å². The minimum absolute atomic E-state index is 0.232. The Hall–Kier alpha value is -1.47. The Balaban J connectivity index is 1.91. The molecule has 1 aliphatic rings. The molecule has 1 aromatic rings. The number of hydrogen-bond acceptors (Lipinski definition) is 2. The van der Waals surface area contributed by atoms with E-state index in [0.29, 0.717) is 13.1 Å². The standard InChI is InChI=1S/C17H20BrNO2/c1-12-14(6-5-7-15(12)18)9-8-13-10-19(11-13)16(20)21-17(2,3)4/h5-7,13H,10-11H2,1-4H3. The molecule has 2 rings (SSSR count). The summed E-state index contributed by atoms with van der Waals surface area (Å²) >= 11 is 3.50. The summed E-state index contributed by atoms with van der Waals surface area (Å²) in [5, 5.41) is 0. The largest absolute Gasteiger partial charge is 0.444 e. The number of carbonyl (C=O) groups is 1. The molecule has 0 aromatic heterocycles. The molecule has 1 aromatic carbocycles. The van der Waals surface area contributed by atoms with Crippen molar-refractivity contribution in [1.82, 2.24) is 4.90 Å². The minimum Gasteiger partial charge on any atom is -0.444 e. The molecule has 1 saturated heterocycles. The summed E-state index contributed by atoms with van der Waals surface area (Å²) in [6.07, 6.45) is -0.251. The number of likely N-dealkylation sites (tertiary alicyclic amines) is 1. The van der Waals surface area contributed by atoms with Crippen molar-refractivity contribution in [3.8, 4) is 11.8 Å². The summed E-state index contributed by atoms with van der Waals surface area (Å²) in [5.41, 5.74) is 1.73. The van der Waals surface area contributed by atoms with E-state index in [4.69, 9.17) is 4.74 Å². The molecular weight excluding hydrogens is 330 g/mol. The molecule has 0 unspecified atom stereocenters. The lowest BCUT2D eigenvalue weighted by molar-refractivity contribution is 0.00592. The Morgan fingerprint density at radius 2 is 2.05 bits per heavy atom. The average molecular weight is 350 g/mol. The third-order valence-electron chi connectivity index (χ3n) is 3.21. The van der Waals surface area contributed by atoms with Gasteiger partial charge in [-0.2, -0.15) is 0 Å². The summed E-state index contributed by atoms with van der Waals surface area (Å²) in [4.78, 5) is 13.5. The Kier molecular flexibility index (Phi) is 4.63. The van der Waals surface area contributed by atoms with Gasteiger partial charge >= 0.3 is 6.09 Å². The SMILES string of the molecule is Cc1c(Br)cccc1C#CC1CN(C(=O)OC(C)(C)C)C1. The fourth-order valence-corrected chi connectivity index (χ4v) is 2.33. The normalized spacial score (nSPS) is 15.0. The van der Waals surface area contributed by atoms with Crippen LogP contribution in [0.5, 0.6) is 0 Å². The van der Waals surface area contributed by atoms with Crippen LogP contribution in [-0.2, 0) is 4.74 Å². The van der Waals surface area contributed by atoms with E-state index in [2.05, 4.69) is 27.8 Å². The van der Waals surface area contributed by atoms with Crippen molar-refractivity contribution in [2.24, 2.45) is 5.92 Å². The van der Waals surface area contributed by atoms with Crippen molar-refractivity contribution in [2.75, 3.05) is 13.1 Å². The molecule has 1 heterocycles. The van der Waals surface area contributed by atoms with Gasteiger partial charge in [0.2, 0.25) is 0 Å². The van der Waals surface area contributed by atoms with Gasteiger partial charge in [0.1, 0.15) is 5.60 Å². The van der Waals surface area contributed by atoms with Crippen molar-refractivity contribution in [3.05, 3.63) is 33.8 Å². The number of rotatable bonds is 0. The first-order chi connectivity index (χ1) is 9.76. The van der Waals surface area contributed by atoms with Crippen LogP contribution in [0.1, 0.15) is 31.9 Å². The van der Waals surface area contributed by atoms with Gasteiger partial charge in [0.15, 0.2) is 0 Å². The van der Waals surface area contributed by atoms with Crippen LogP contribution in [-0.4, -0.2) is 29.7 Å². The van der Waals surface area contributed by atoms with Crippen LogP contribution in [0.15, 0.2) is 22.7 Å². The second-order valence-corrected chi connectivity index (χ2v) is 7.12. The molecule has 0 atom stereocenters. The third kappa shape index (κ3) is 4.25. The molecule has 1 aliphatic heterocycles. The van der Waals surface area contributed by atoms with Crippen molar-refractivity contribution in [1.29, 1.82) is 0 Å². The molecule has 1 amide bonds. The van der Waals surface area contributed by atoms with E-state index in [1.807, 2.05) is 45.9 Å². The van der Waals surface area contributed by atoms with E-state index in [-0.39, 0.29) is 12.0 Å². The van der Waals surface area contributed by atoms with E-state index in [1.54, 1.807) is 4.90 Å². The van der Waals surface area contributed by atoms with Crippen LogP contribution in [0.2, 0.25) is 0 Å². The van der Waals surface area contributed by atoms with Crippen molar-refractivity contribution in [3.63, 3.8) is 0 Å². The summed E-state index contributed by atoms with van der Waals surface area (Å²) in [7, 11) is 0. The maximum Gasteiger partial charge on any atom is 0.410 e. The highest BCUT2D eigenvalue weighted by molar-refractivity contribution is 9.10. The zero-order valence-corrected chi connectivity index (χ0v) is 14.5. The van der Waals surface area contributed by atoms with Crippen molar-refractivity contribution in [2.45, 2.75) is 33.3 Å². The predicted molar refractivity (Wildman–Crippen MR) is 87.1 cm³/mol. The molecule has 0 spiro atoms. The van der Waals surface area contributed by atoms with E-state index in [9.17, 15) is 4.79 Å². The van der Waals surface area contributed by atoms with E-state index < -0.39 is 5.60 Å². The number of carbonyl (C=O) groups excluding carboxylic acids is 1. The number of halogens is 1. The number of benzene rings is 1. The molecule has 3 nitrogen and oxygen atoms in total. The van der Waals surface area contributed by atoms with Gasteiger partial charge in [0.05, 0.1) is 5.92 Å². The molecule has 0 saturated carbocycles. The molecule has 112 valence electrons. The van der Waals surface area contributed by atoms with Gasteiger partial charge in [-0.1, -0.05) is 33.8 Å². The first-order valence-electron chi connectivity index (χ1n) is 7.01. The monoisotopic (exact) mass is 349 g/mol. The van der Waals surface area contributed by atoms with Crippen LogP contribution < -0.4 is 0 Å². The minimum atomic E-state index is -0.443. The second kappa shape index (κ2) is 6.11. The van der Waals surface area contributed by atoms with Crippen LogP contribution in [0, 0.1) is 24.7 Å².